The normalized spacial score (nSPS) is 12.2. The van der Waals surface area contributed by atoms with E-state index in [-0.39, 0.29) is 0 Å². The van der Waals surface area contributed by atoms with Gasteiger partial charge in [-0.1, -0.05) is 15.9 Å². The molecule has 0 saturated carbocycles. The molecule has 4 nitrogen and oxygen atoms in total. The number of hydrogen-bond donors (Lipinski definition) is 2. The van der Waals surface area contributed by atoms with E-state index in [0.29, 0.717) is 17.9 Å². The highest BCUT2D eigenvalue weighted by Gasteiger charge is 2.22. The van der Waals surface area contributed by atoms with Crippen molar-refractivity contribution in [3.05, 3.63) is 28.2 Å². The van der Waals surface area contributed by atoms with Gasteiger partial charge < -0.3 is 15.2 Å². The van der Waals surface area contributed by atoms with Crippen LogP contribution in [0.25, 0.3) is 0 Å². The summed E-state index contributed by atoms with van der Waals surface area (Å²) >= 11 is 3.33. The number of carboxylic acid groups (broad SMARTS) is 1. The van der Waals surface area contributed by atoms with E-state index in [2.05, 4.69) is 21.2 Å². The van der Waals surface area contributed by atoms with E-state index < -0.39 is 11.9 Å². The summed E-state index contributed by atoms with van der Waals surface area (Å²) in [4.78, 5) is 11.2. The fraction of sp³-hybridized carbons (Fsp3) is 0.364. The molecule has 5 heteroatoms. The minimum atomic E-state index is -0.870. The van der Waals surface area contributed by atoms with Gasteiger partial charge in [0.05, 0.1) is 13.0 Å². The van der Waals surface area contributed by atoms with Crippen LogP contribution in [-0.4, -0.2) is 31.8 Å². The number of benzene rings is 1. The number of ether oxygens (including phenoxy) is 1. The van der Waals surface area contributed by atoms with Crippen LogP contribution in [0.1, 0.15) is 11.5 Å². The fourth-order valence-corrected chi connectivity index (χ4v) is 1.89. The summed E-state index contributed by atoms with van der Waals surface area (Å²) in [7, 11) is 3.26. The molecule has 0 aromatic heterocycles. The van der Waals surface area contributed by atoms with Crippen molar-refractivity contribution < 1.29 is 14.6 Å². The first-order valence-electron chi connectivity index (χ1n) is 4.81. The molecule has 0 heterocycles. The maximum absolute atomic E-state index is 11.2. The molecular formula is C11H14BrNO3. The molecular weight excluding hydrogens is 274 g/mol. The highest BCUT2D eigenvalue weighted by atomic mass is 79.9. The highest BCUT2D eigenvalue weighted by molar-refractivity contribution is 9.10. The third-order valence-corrected chi connectivity index (χ3v) is 2.77. The molecule has 0 fully saturated rings. The molecule has 16 heavy (non-hydrogen) atoms. The van der Waals surface area contributed by atoms with Crippen LogP contribution in [0.5, 0.6) is 5.75 Å². The highest BCUT2D eigenvalue weighted by Crippen LogP contribution is 2.29. The van der Waals surface area contributed by atoms with Gasteiger partial charge in [-0.05, 0) is 25.2 Å². The average molecular weight is 288 g/mol. The quantitative estimate of drug-likeness (QED) is 0.868. The van der Waals surface area contributed by atoms with Crippen LogP contribution in [0.15, 0.2) is 22.7 Å². The molecule has 0 aliphatic carbocycles. The molecule has 88 valence electrons. The van der Waals surface area contributed by atoms with Gasteiger partial charge in [-0.3, -0.25) is 4.79 Å². The van der Waals surface area contributed by atoms with Crippen LogP contribution in [0.2, 0.25) is 0 Å². The largest absolute Gasteiger partial charge is 0.496 e. The van der Waals surface area contributed by atoms with Gasteiger partial charge in [0, 0.05) is 16.6 Å². The monoisotopic (exact) mass is 287 g/mol. The van der Waals surface area contributed by atoms with Gasteiger partial charge in [-0.15, -0.1) is 0 Å². The van der Waals surface area contributed by atoms with Crippen molar-refractivity contribution in [1.82, 2.24) is 5.32 Å². The molecule has 0 aliphatic heterocycles. The molecule has 2 N–H and O–H groups in total. The zero-order valence-corrected chi connectivity index (χ0v) is 10.7. The van der Waals surface area contributed by atoms with Crippen molar-refractivity contribution in [1.29, 1.82) is 0 Å². The number of carboxylic acids is 1. The Morgan fingerprint density at radius 3 is 2.81 bits per heavy atom. The number of methoxy groups -OCH3 is 1. The Kier molecular flexibility index (Phi) is 4.76. The Balaban J connectivity index is 3.15. The molecule has 1 rings (SSSR count). The first-order valence-corrected chi connectivity index (χ1v) is 5.60. The van der Waals surface area contributed by atoms with Gasteiger partial charge in [0.1, 0.15) is 5.75 Å². The Labute approximate surface area is 103 Å². The summed E-state index contributed by atoms with van der Waals surface area (Å²) in [5.41, 5.74) is 0.665. The maximum atomic E-state index is 11.2. The van der Waals surface area contributed by atoms with Gasteiger partial charge in [-0.2, -0.15) is 0 Å². The molecule has 0 bridgehead atoms. The molecule has 0 radical (unpaired) electrons. The van der Waals surface area contributed by atoms with Crippen molar-refractivity contribution in [3.63, 3.8) is 0 Å². The van der Waals surface area contributed by atoms with Crippen LogP contribution in [0.3, 0.4) is 0 Å². The lowest BCUT2D eigenvalue weighted by Crippen LogP contribution is -2.24. The number of rotatable bonds is 5. The van der Waals surface area contributed by atoms with Crippen molar-refractivity contribution in [2.45, 2.75) is 5.92 Å². The average Bonchev–Trinajstić information content (AvgIpc) is 2.25. The lowest BCUT2D eigenvalue weighted by Gasteiger charge is -2.16. The van der Waals surface area contributed by atoms with Crippen molar-refractivity contribution in [3.8, 4) is 5.75 Å². The molecule has 1 unspecified atom stereocenters. The first kappa shape index (κ1) is 13.0. The zero-order chi connectivity index (χ0) is 12.1. The van der Waals surface area contributed by atoms with E-state index in [4.69, 9.17) is 9.84 Å². The number of hydrogen-bond acceptors (Lipinski definition) is 3. The van der Waals surface area contributed by atoms with Gasteiger partial charge in [-0.25, -0.2) is 0 Å². The summed E-state index contributed by atoms with van der Waals surface area (Å²) in [6, 6.07) is 5.35. The van der Waals surface area contributed by atoms with E-state index in [9.17, 15) is 4.79 Å². The van der Waals surface area contributed by atoms with Crippen molar-refractivity contribution in [2.75, 3.05) is 20.7 Å². The number of halogens is 1. The lowest BCUT2D eigenvalue weighted by molar-refractivity contribution is -0.138. The van der Waals surface area contributed by atoms with E-state index >= 15 is 0 Å². The fourth-order valence-electron chi connectivity index (χ4n) is 1.51. The molecule has 0 amide bonds. The molecule has 1 aromatic rings. The van der Waals surface area contributed by atoms with Crippen molar-refractivity contribution >= 4 is 21.9 Å². The third kappa shape index (κ3) is 2.96. The Hall–Kier alpha value is -1.07. The van der Waals surface area contributed by atoms with Crippen LogP contribution in [0.4, 0.5) is 0 Å². The Bertz CT molecular complexity index is 381. The number of likely N-dealkylation sites (N-methyl/N-ethyl adjacent to an activating group) is 1. The van der Waals surface area contributed by atoms with Crippen LogP contribution in [0, 0.1) is 0 Å². The SMILES string of the molecule is CNCC(C(=O)O)c1cc(Br)ccc1OC. The predicted molar refractivity (Wildman–Crippen MR) is 65.0 cm³/mol. The minimum absolute atomic E-state index is 0.363. The van der Waals surface area contributed by atoms with Crippen LogP contribution < -0.4 is 10.1 Å². The summed E-state index contributed by atoms with van der Waals surface area (Å²) in [6.07, 6.45) is 0. The minimum Gasteiger partial charge on any atom is -0.496 e. The second-order valence-corrected chi connectivity index (χ2v) is 4.25. The van der Waals surface area contributed by atoms with Gasteiger partial charge in [0.25, 0.3) is 0 Å². The summed E-state index contributed by atoms with van der Waals surface area (Å²) in [5, 5.41) is 12.0. The van der Waals surface area contributed by atoms with Gasteiger partial charge >= 0.3 is 5.97 Å². The van der Waals surface area contributed by atoms with E-state index in [1.165, 1.54) is 7.11 Å². The summed E-state index contributed by atoms with van der Waals surface area (Å²) in [5.74, 6) is -0.894. The lowest BCUT2D eigenvalue weighted by atomic mass is 9.98. The zero-order valence-electron chi connectivity index (χ0n) is 9.16. The molecule has 0 aliphatic rings. The number of aliphatic carboxylic acids is 1. The Morgan fingerprint density at radius 2 is 2.31 bits per heavy atom. The predicted octanol–water partition coefficient (Wildman–Crippen LogP) is 1.85. The maximum Gasteiger partial charge on any atom is 0.312 e. The molecule has 1 aromatic carbocycles. The number of carbonyl (C=O) groups is 1. The van der Waals surface area contributed by atoms with Crippen molar-refractivity contribution in [2.24, 2.45) is 0 Å². The smallest absolute Gasteiger partial charge is 0.312 e. The Morgan fingerprint density at radius 1 is 1.62 bits per heavy atom. The third-order valence-electron chi connectivity index (χ3n) is 2.27. The van der Waals surface area contributed by atoms with Gasteiger partial charge in [0.2, 0.25) is 0 Å². The van der Waals surface area contributed by atoms with Crippen LogP contribution >= 0.6 is 15.9 Å². The second-order valence-electron chi connectivity index (χ2n) is 3.33. The standard InChI is InChI=1S/C11H14BrNO3/c1-13-6-9(11(14)15)8-5-7(12)3-4-10(8)16-2/h3-5,9,13H,6H2,1-2H3,(H,14,15). The summed E-state index contributed by atoms with van der Waals surface area (Å²) < 4.78 is 6.00. The van der Waals surface area contributed by atoms with E-state index in [1.54, 1.807) is 19.2 Å². The topological polar surface area (TPSA) is 58.6 Å². The molecule has 0 saturated heterocycles. The summed E-state index contributed by atoms with van der Waals surface area (Å²) in [6.45, 7) is 0.363. The van der Waals surface area contributed by atoms with E-state index in [1.807, 2.05) is 6.07 Å². The second kappa shape index (κ2) is 5.86. The number of nitrogens with one attached hydrogen (secondary N) is 1. The van der Waals surface area contributed by atoms with E-state index in [0.717, 1.165) is 4.47 Å². The molecule has 0 spiro atoms. The van der Waals surface area contributed by atoms with Crippen LogP contribution in [-0.2, 0) is 4.79 Å². The first-order chi connectivity index (χ1) is 7.60. The molecule has 1 atom stereocenters. The van der Waals surface area contributed by atoms with Gasteiger partial charge in [0.15, 0.2) is 0 Å².